The molecule has 1 atom stereocenters. The molecule has 1 saturated heterocycles. The van der Waals surface area contributed by atoms with Gasteiger partial charge in [0.2, 0.25) is 0 Å². The Morgan fingerprint density at radius 3 is 2.83 bits per heavy atom. The van der Waals surface area contributed by atoms with Gasteiger partial charge in [-0.2, -0.15) is 5.10 Å². The SMILES string of the molecule is Cc1nn(CCO)cc1CN(C)CC1CCN(c2ccccc2)C1. The molecule has 0 bridgehead atoms. The largest absolute Gasteiger partial charge is 0.394 e. The van der Waals surface area contributed by atoms with Gasteiger partial charge in [0.1, 0.15) is 0 Å². The summed E-state index contributed by atoms with van der Waals surface area (Å²) in [6.07, 6.45) is 3.31. The molecule has 130 valence electrons. The summed E-state index contributed by atoms with van der Waals surface area (Å²) < 4.78 is 1.84. The Balaban J connectivity index is 1.51. The fourth-order valence-electron chi connectivity index (χ4n) is 3.58. The predicted octanol–water partition coefficient (Wildman–Crippen LogP) is 2.14. The van der Waals surface area contributed by atoms with Crippen LogP contribution >= 0.6 is 0 Å². The number of hydrogen-bond donors (Lipinski definition) is 1. The number of aliphatic hydroxyl groups excluding tert-OH is 1. The molecule has 0 aliphatic carbocycles. The lowest BCUT2D eigenvalue weighted by Crippen LogP contribution is -2.28. The predicted molar refractivity (Wildman–Crippen MR) is 97.1 cm³/mol. The lowest BCUT2D eigenvalue weighted by Gasteiger charge is -2.22. The van der Waals surface area contributed by atoms with E-state index >= 15 is 0 Å². The molecule has 5 nitrogen and oxygen atoms in total. The van der Waals surface area contributed by atoms with Crippen LogP contribution in [0.1, 0.15) is 17.7 Å². The second-order valence-electron chi connectivity index (χ2n) is 6.86. The molecule has 0 saturated carbocycles. The molecule has 1 N–H and O–H groups in total. The highest BCUT2D eigenvalue weighted by Gasteiger charge is 2.24. The number of nitrogens with zero attached hydrogens (tertiary/aromatic N) is 4. The van der Waals surface area contributed by atoms with E-state index in [0.29, 0.717) is 12.5 Å². The Bertz CT molecular complexity index is 640. The molecule has 1 aliphatic heterocycles. The minimum atomic E-state index is 0.133. The number of hydrogen-bond acceptors (Lipinski definition) is 4. The van der Waals surface area contributed by atoms with Gasteiger partial charge in [-0.3, -0.25) is 4.68 Å². The van der Waals surface area contributed by atoms with Crippen molar-refractivity contribution in [3.05, 3.63) is 47.8 Å². The van der Waals surface area contributed by atoms with Gasteiger partial charge in [0.15, 0.2) is 0 Å². The van der Waals surface area contributed by atoms with Crippen LogP contribution in [-0.2, 0) is 13.1 Å². The first-order valence-corrected chi connectivity index (χ1v) is 8.78. The second kappa shape index (κ2) is 7.81. The van der Waals surface area contributed by atoms with Crippen molar-refractivity contribution >= 4 is 5.69 Å². The molecule has 2 aromatic rings. The van der Waals surface area contributed by atoms with Gasteiger partial charge in [-0.25, -0.2) is 0 Å². The summed E-state index contributed by atoms with van der Waals surface area (Å²) in [7, 11) is 2.19. The highest BCUT2D eigenvalue weighted by molar-refractivity contribution is 5.46. The van der Waals surface area contributed by atoms with Gasteiger partial charge in [-0.15, -0.1) is 0 Å². The Morgan fingerprint density at radius 2 is 2.08 bits per heavy atom. The van der Waals surface area contributed by atoms with Crippen molar-refractivity contribution in [3.63, 3.8) is 0 Å². The lowest BCUT2D eigenvalue weighted by molar-refractivity contribution is 0.268. The van der Waals surface area contributed by atoms with Gasteiger partial charge < -0.3 is 14.9 Å². The molecule has 0 spiro atoms. The molecule has 24 heavy (non-hydrogen) atoms. The van der Waals surface area contributed by atoms with E-state index in [1.807, 2.05) is 11.6 Å². The molecule has 1 aliphatic rings. The van der Waals surface area contributed by atoms with Crippen molar-refractivity contribution in [2.75, 3.05) is 38.2 Å². The summed E-state index contributed by atoms with van der Waals surface area (Å²) in [5, 5.41) is 13.5. The van der Waals surface area contributed by atoms with E-state index in [0.717, 1.165) is 31.9 Å². The number of rotatable bonds is 7. The van der Waals surface area contributed by atoms with E-state index in [4.69, 9.17) is 5.11 Å². The van der Waals surface area contributed by atoms with E-state index < -0.39 is 0 Å². The van der Waals surface area contributed by atoms with Gasteiger partial charge in [-0.1, -0.05) is 18.2 Å². The third-order valence-corrected chi connectivity index (χ3v) is 4.79. The zero-order chi connectivity index (χ0) is 16.9. The van der Waals surface area contributed by atoms with Crippen LogP contribution in [0.3, 0.4) is 0 Å². The average molecular weight is 328 g/mol. The third kappa shape index (κ3) is 4.16. The molecule has 2 heterocycles. The Morgan fingerprint density at radius 1 is 1.29 bits per heavy atom. The highest BCUT2D eigenvalue weighted by Crippen LogP contribution is 2.24. The Hall–Kier alpha value is -1.85. The smallest absolute Gasteiger partial charge is 0.0641 e. The summed E-state index contributed by atoms with van der Waals surface area (Å²) in [5.41, 5.74) is 3.65. The highest BCUT2D eigenvalue weighted by atomic mass is 16.3. The maximum absolute atomic E-state index is 9.03. The van der Waals surface area contributed by atoms with Crippen molar-refractivity contribution in [3.8, 4) is 0 Å². The summed E-state index contributed by atoms with van der Waals surface area (Å²) in [4.78, 5) is 4.88. The summed E-state index contributed by atoms with van der Waals surface area (Å²) in [6.45, 7) is 7.05. The monoisotopic (exact) mass is 328 g/mol. The van der Waals surface area contributed by atoms with Crippen LogP contribution in [0.25, 0.3) is 0 Å². The van der Waals surface area contributed by atoms with Crippen molar-refractivity contribution in [1.29, 1.82) is 0 Å². The van der Waals surface area contributed by atoms with E-state index in [1.54, 1.807) is 0 Å². The summed E-state index contributed by atoms with van der Waals surface area (Å²) >= 11 is 0. The van der Waals surface area contributed by atoms with E-state index in [2.05, 4.69) is 58.5 Å². The number of para-hydroxylation sites is 1. The van der Waals surface area contributed by atoms with Gasteiger partial charge >= 0.3 is 0 Å². The van der Waals surface area contributed by atoms with Crippen LogP contribution in [0.2, 0.25) is 0 Å². The first-order valence-electron chi connectivity index (χ1n) is 8.78. The van der Waals surface area contributed by atoms with Gasteiger partial charge in [-0.05, 0) is 38.4 Å². The topological polar surface area (TPSA) is 44.5 Å². The van der Waals surface area contributed by atoms with Crippen LogP contribution in [-0.4, -0.2) is 53.1 Å². The molecule has 5 heteroatoms. The first kappa shape index (κ1) is 17.0. The summed E-state index contributed by atoms with van der Waals surface area (Å²) in [6, 6.07) is 10.7. The molecule has 0 radical (unpaired) electrons. The first-order chi connectivity index (χ1) is 11.7. The van der Waals surface area contributed by atoms with Crippen LogP contribution in [0.5, 0.6) is 0 Å². The molecule has 3 rings (SSSR count). The maximum atomic E-state index is 9.03. The number of benzene rings is 1. The van der Waals surface area contributed by atoms with Gasteiger partial charge in [0.25, 0.3) is 0 Å². The van der Waals surface area contributed by atoms with Crippen molar-refractivity contribution in [2.45, 2.75) is 26.4 Å². The van der Waals surface area contributed by atoms with E-state index in [9.17, 15) is 0 Å². The Labute approximate surface area is 144 Å². The van der Waals surface area contributed by atoms with Crippen LogP contribution < -0.4 is 4.90 Å². The molecule has 1 fully saturated rings. The second-order valence-corrected chi connectivity index (χ2v) is 6.86. The molecular formula is C19H28N4O. The quantitative estimate of drug-likeness (QED) is 0.846. The Kier molecular flexibility index (Phi) is 5.53. The normalized spacial score (nSPS) is 17.8. The maximum Gasteiger partial charge on any atom is 0.0641 e. The van der Waals surface area contributed by atoms with Crippen molar-refractivity contribution in [2.24, 2.45) is 5.92 Å². The van der Waals surface area contributed by atoms with Gasteiger partial charge in [0, 0.05) is 43.6 Å². The number of aryl methyl sites for hydroxylation is 1. The minimum Gasteiger partial charge on any atom is -0.394 e. The van der Waals surface area contributed by atoms with Crippen LogP contribution in [0.4, 0.5) is 5.69 Å². The fourth-order valence-corrected chi connectivity index (χ4v) is 3.58. The third-order valence-electron chi connectivity index (χ3n) is 4.79. The molecule has 1 unspecified atom stereocenters. The zero-order valence-corrected chi connectivity index (χ0v) is 14.7. The molecule has 0 amide bonds. The number of aliphatic hydroxyl groups is 1. The number of anilines is 1. The number of aromatic nitrogens is 2. The standard InChI is InChI=1S/C19H28N4O/c1-16-18(15-23(20-16)10-11-24)14-21(2)12-17-8-9-22(13-17)19-6-4-3-5-7-19/h3-7,15,17,24H,8-14H2,1-2H3. The molecule has 1 aromatic carbocycles. The average Bonchev–Trinajstić information content (AvgIpc) is 3.16. The van der Waals surface area contributed by atoms with Crippen molar-refractivity contribution in [1.82, 2.24) is 14.7 Å². The van der Waals surface area contributed by atoms with Gasteiger partial charge in [0.05, 0.1) is 18.8 Å². The fraction of sp³-hybridized carbons (Fsp3) is 0.526. The molecular weight excluding hydrogens is 300 g/mol. The van der Waals surface area contributed by atoms with Crippen LogP contribution in [0, 0.1) is 12.8 Å². The van der Waals surface area contributed by atoms with E-state index in [-0.39, 0.29) is 6.61 Å². The minimum absolute atomic E-state index is 0.133. The zero-order valence-electron chi connectivity index (χ0n) is 14.7. The van der Waals surface area contributed by atoms with Crippen LogP contribution in [0.15, 0.2) is 36.5 Å². The lowest BCUT2D eigenvalue weighted by atomic mass is 10.1. The molecule has 1 aromatic heterocycles. The van der Waals surface area contributed by atoms with Crippen molar-refractivity contribution < 1.29 is 5.11 Å². The summed E-state index contributed by atoms with van der Waals surface area (Å²) in [5.74, 6) is 0.711. The van der Waals surface area contributed by atoms with E-state index in [1.165, 1.54) is 17.7 Å².